The minimum absolute atomic E-state index is 0.104. The monoisotopic (exact) mass is 217 g/mol. The molecule has 1 fully saturated rings. The maximum absolute atomic E-state index is 6.28. The van der Waals surface area contributed by atoms with E-state index in [4.69, 9.17) is 4.74 Å². The Morgan fingerprint density at radius 3 is 2.81 bits per heavy atom. The zero-order chi connectivity index (χ0) is 11.0. The van der Waals surface area contributed by atoms with Gasteiger partial charge in [0.25, 0.3) is 0 Å². The van der Waals surface area contributed by atoms with E-state index in [9.17, 15) is 0 Å². The summed E-state index contributed by atoms with van der Waals surface area (Å²) in [4.78, 5) is 0. The molecule has 2 heteroatoms. The minimum atomic E-state index is 0.104. The number of fused-ring (bicyclic) bond motifs is 1. The predicted octanol–water partition coefficient (Wildman–Crippen LogP) is 2.69. The Morgan fingerprint density at radius 2 is 2.06 bits per heavy atom. The van der Waals surface area contributed by atoms with E-state index in [1.54, 1.807) is 0 Å². The number of para-hydroxylation sites is 1. The van der Waals surface area contributed by atoms with Crippen LogP contribution in [-0.2, 0) is 0 Å². The van der Waals surface area contributed by atoms with Gasteiger partial charge in [0, 0.05) is 18.0 Å². The third kappa shape index (κ3) is 1.36. The molecule has 16 heavy (non-hydrogen) atoms. The van der Waals surface area contributed by atoms with Crippen LogP contribution in [0.5, 0.6) is 5.75 Å². The molecular weight excluding hydrogens is 198 g/mol. The van der Waals surface area contributed by atoms with E-state index in [0.717, 1.165) is 12.3 Å². The molecule has 1 aromatic carbocycles. The molecule has 1 N–H and O–H groups in total. The predicted molar refractivity (Wildman–Crippen MR) is 64.9 cm³/mol. The Balaban J connectivity index is 2.00. The zero-order valence-corrected chi connectivity index (χ0v) is 9.83. The lowest BCUT2D eigenvalue weighted by Crippen LogP contribution is -2.39. The molecule has 1 spiro atoms. The van der Waals surface area contributed by atoms with Crippen LogP contribution in [0.25, 0.3) is 0 Å². The Bertz CT molecular complexity index is 382. The lowest BCUT2D eigenvalue weighted by molar-refractivity contribution is 0.0757. The third-order valence-corrected chi connectivity index (χ3v) is 4.10. The average Bonchev–Trinajstić information content (AvgIpc) is 2.87. The summed E-state index contributed by atoms with van der Waals surface area (Å²) in [7, 11) is 2.03. The third-order valence-electron chi connectivity index (χ3n) is 4.10. The highest BCUT2D eigenvalue weighted by atomic mass is 16.5. The molecule has 0 saturated heterocycles. The van der Waals surface area contributed by atoms with Crippen molar-refractivity contribution in [3.8, 4) is 5.75 Å². The average molecular weight is 217 g/mol. The number of likely N-dealkylation sites (N-methyl/N-ethyl adjacent to an activating group) is 1. The van der Waals surface area contributed by atoms with Gasteiger partial charge in [-0.15, -0.1) is 0 Å². The molecule has 1 aliphatic carbocycles. The summed E-state index contributed by atoms with van der Waals surface area (Å²) in [5.41, 5.74) is 1.51. The van der Waals surface area contributed by atoms with Crippen LogP contribution < -0.4 is 10.1 Å². The highest BCUT2D eigenvalue weighted by molar-refractivity contribution is 5.43. The fourth-order valence-electron chi connectivity index (χ4n) is 3.36. The molecule has 1 unspecified atom stereocenters. The van der Waals surface area contributed by atoms with Gasteiger partial charge < -0.3 is 10.1 Å². The van der Waals surface area contributed by atoms with Gasteiger partial charge in [-0.2, -0.15) is 0 Å². The standard InChI is InChI=1S/C14H19NO/c1-15-10-12-11-6-2-3-7-13(11)16-14(12)8-4-5-9-14/h2-3,6-7,12,15H,4-5,8-10H2,1H3. The molecule has 0 radical (unpaired) electrons. The van der Waals surface area contributed by atoms with Gasteiger partial charge in [0.1, 0.15) is 11.4 Å². The summed E-state index contributed by atoms with van der Waals surface area (Å²) in [5, 5.41) is 3.32. The summed E-state index contributed by atoms with van der Waals surface area (Å²) < 4.78 is 6.28. The van der Waals surface area contributed by atoms with Gasteiger partial charge in [-0.1, -0.05) is 18.2 Å². The fraction of sp³-hybridized carbons (Fsp3) is 0.571. The number of rotatable bonds is 2. The van der Waals surface area contributed by atoms with Gasteiger partial charge in [-0.05, 0) is 38.8 Å². The lowest BCUT2D eigenvalue weighted by atomic mass is 9.83. The van der Waals surface area contributed by atoms with Crippen LogP contribution in [0.4, 0.5) is 0 Å². The van der Waals surface area contributed by atoms with Crippen molar-refractivity contribution in [3.63, 3.8) is 0 Å². The SMILES string of the molecule is CNCC1c2ccccc2OC12CCCC2. The number of benzene rings is 1. The highest BCUT2D eigenvalue weighted by Gasteiger charge is 2.49. The van der Waals surface area contributed by atoms with Crippen molar-refractivity contribution >= 4 is 0 Å². The second-order valence-corrected chi connectivity index (χ2v) is 5.02. The molecule has 86 valence electrons. The Morgan fingerprint density at radius 1 is 1.31 bits per heavy atom. The maximum atomic E-state index is 6.28. The molecule has 1 saturated carbocycles. The first-order valence-electron chi connectivity index (χ1n) is 6.28. The lowest BCUT2D eigenvalue weighted by Gasteiger charge is -2.30. The molecular formula is C14H19NO. The summed E-state index contributed by atoms with van der Waals surface area (Å²) in [6, 6.07) is 8.54. The Labute approximate surface area is 97.0 Å². The van der Waals surface area contributed by atoms with Gasteiger partial charge in [-0.25, -0.2) is 0 Å². The van der Waals surface area contributed by atoms with Crippen LogP contribution in [0.3, 0.4) is 0 Å². The Hall–Kier alpha value is -1.02. The van der Waals surface area contributed by atoms with E-state index in [1.165, 1.54) is 31.2 Å². The van der Waals surface area contributed by atoms with Gasteiger partial charge in [0.2, 0.25) is 0 Å². The van der Waals surface area contributed by atoms with Gasteiger partial charge >= 0.3 is 0 Å². The van der Waals surface area contributed by atoms with Crippen LogP contribution in [0.15, 0.2) is 24.3 Å². The van der Waals surface area contributed by atoms with Crippen molar-refractivity contribution in [3.05, 3.63) is 29.8 Å². The van der Waals surface area contributed by atoms with Crippen molar-refractivity contribution in [1.29, 1.82) is 0 Å². The second kappa shape index (κ2) is 3.77. The largest absolute Gasteiger partial charge is 0.486 e. The number of hydrogen-bond acceptors (Lipinski definition) is 2. The topological polar surface area (TPSA) is 21.3 Å². The molecule has 1 heterocycles. The number of hydrogen-bond donors (Lipinski definition) is 1. The molecule has 2 aliphatic rings. The normalized spacial score (nSPS) is 25.7. The first-order chi connectivity index (χ1) is 7.86. The van der Waals surface area contributed by atoms with E-state index in [-0.39, 0.29) is 5.60 Å². The van der Waals surface area contributed by atoms with Crippen LogP contribution in [0.2, 0.25) is 0 Å². The van der Waals surface area contributed by atoms with Crippen LogP contribution in [0, 0.1) is 0 Å². The van der Waals surface area contributed by atoms with E-state index in [0.29, 0.717) is 5.92 Å². The van der Waals surface area contributed by atoms with Crippen molar-refractivity contribution in [2.45, 2.75) is 37.2 Å². The zero-order valence-electron chi connectivity index (χ0n) is 9.83. The van der Waals surface area contributed by atoms with Crippen molar-refractivity contribution in [2.75, 3.05) is 13.6 Å². The van der Waals surface area contributed by atoms with Crippen molar-refractivity contribution in [2.24, 2.45) is 0 Å². The molecule has 1 aromatic rings. The summed E-state index contributed by atoms with van der Waals surface area (Å²) in [5.74, 6) is 1.65. The van der Waals surface area contributed by atoms with E-state index >= 15 is 0 Å². The smallest absolute Gasteiger partial charge is 0.123 e. The minimum Gasteiger partial charge on any atom is -0.486 e. The van der Waals surface area contributed by atoms with E-state index < -0.39 is 0 Å². The first kappa shape index (κ1) is 10.2. The Kier molecular flexibility index (Phi) is 2.40. The molecule has 0 aromatic heterocycles. The van der Waals surface area contributed by atoms with E-state index in [1.807, 2.05) is 7.05 Å². The molecule has 0 amide bonds. The van der Waals surface area contributed by atoms with Gasteiger partial charge in [0.15, 0.2) is 0 Å². The quantitative estimate of drug-likeness (QED) is 0.822. The van der Waals surface area contributed by atoms with Crippen molar-refractivity contribution < 1.29 is 4.74 Å². The summed E-state index contributed by atoms with van der Waals surface area (Å²) in [6.45, 7) is 1.02. The molecule has 1 atom stereocenters. The van der Waals surface area contributed by atoms with Crippen LogP contribution in [0.1, 0.15) is 37.2 Å². The second-order valence-electron chi connectivity index (χ2n) is 5.02. The summed E-state index contributed by atoms with van der Waals surface area (Å²) >= 11 is 0. The molecule has 2 nitrogen and oxygen atoms in total. The number of ether oxygens (including phenoxy) is 1. The molecule has 0 bridgehead atoms. The van der Waals surface area contributed by atoms with Crippen LogP contribution in [-0.4, -0.2) is 19.2 Å². The van der Waals surface area contributed by atoms with Crippen LogP contribution >= 0.6 is 0 Å². The number of nitrogens with one attached hydrogen (secondary N) is 1. The summed E-state index contributed by atoms with van der Waals surface area (Å²) in [6.07, 6.45) is 5.06. The maximum Gasteiger partial charge on any atom is 0.123 e. The van der Waals surface area contributed by atoms with Crippen molar-refractivity contribution in [1.82, 2.24) is 5.32 Å². The fourth-order valence-corrected chi connectivity index (χ4v) is 3.36. The van der Waals surface area contributed by atoms with E-state index in [2.05, 4.69) is 29.6 Å². The van der Waals surface area contributed by atoms with Gasteiger partial charge in [0.05, 0.1) is 0 Å². The molecule has 3 rings (SSSR count). The first-order valence-corrected chi connectivity index (χ1v) is 6.28. The van der Waals surface area contributed by atoms with Gasteiger partial charge in [-0.3, -0.25) is 0 Å². The molecule has 1 aliphatic heterocycles. The highest BCUT2D eigenvalue weighted by Crippen LogP contribution is 2.51.